The van der Waals surface area contributed by atoms with E-state index in [1.807, 2.05) is 31.2 Å². The van der Waals surface area contributed by atoms with Crippen LogP contribution in [0.25, 0.3) is 33.4 Å². The zero-order valence-corrected chi connectivity index (χ0v) is 37.0. The lowest BCUT2D eigenvalue weighted by atomic mass is 9.90. The second kappa shape index (κ2) is 22.4. The van der Waals surface area contributed by atoms with Crippen LogP contribution in [0.3, 0.4) is 0 Å². The van der Waals surface area contributed by atoms with Gasteiger partial charge in [0.05, 0.1) is 78.4 Å². The summed E-state index contributed by atoms with van der Waals surface area (Å²) in [6.45, 7) is 7.49. The Hall–Kier alpha value is -5.29. The molecule has 2 aliphatic heterocycles. The molecule has 63 heavy (non-hydrogen) atoms. The summed E-state index contributed by atoms with van der Waals surface area (Å²) < 4.78 is 41.9. The number of hydrogen-bond donors (Lipinski definition) is 3. The number of halogens is 2. The molecule has 0 atom stereocenters. The maximum Gasteiger partial charge on any atom is 0.303 e. The maximum atomic E-state index is 13.4. The minimum absolute atomic E-state index is 0.0112. The molecular weight excluding hydrogens is 859 g/mol. The van der Waals surface area contributed by atoms with Gasteiger partial charge < -0.3 is 58.0 Å². The van der Waals surface area contributed by atoms with Gasteiger partial charge >= 0.3 is 11.9 Å². The van der Waals surface area contributed by atoms with E-state index in [4.69, 9.17) is 56.0 Å². The standard InChI is InChI=1S/C46H52Cl2N2O13/c1-28-4-8-34(36(24-28)57-2)49-12-16-59-20-22-61-18-14-50(15-19-62-23-21-60-17-13-49)35-9-5-29(27-37(35)58-3)40-32-25-30(6-10-38(51)52)43(55)41(47)45(32)63-46-33(40)26-31(7-11-39(53)54)44(56)42(46)48/h4-5,8-9,24-27,55H,6-7,10-23H2,1-3H3,(H,51,52)(H,53,54). The molecule has 6 rings (SSSR count). The number of ether oxygens (including phenoxy) is 6. The van der Waals surface area contributed by atoms with E-state index < -0.39 is 17.4 Å². The summed E-state index contributed by atoms with van der Waals surface area (Å²) in [6.07, 6.45) is -0.732. The molecule has 15 nitrogen and oxygen atoms in total. The van der Waals surface area contributed by atoms with Crippen molar-refractivity contribution in [2.75, 3.05) is 103 Å². The fourth-order valence-corrected chi connectivity index (χ4v) is 8.04. The summed E-state index contributed by atoms with van der Waals surface area (Å²) in [5, 5.41) is 29.8. The van der Waals surface area contributed by atoms with Crippen molar-refractivity contribution in [3.8, 4) is 39.7 Å². The van der Waals surface area contributed by atoms with Crippen LogP contribution in [0.5, 0.6) is 17.2 Å². The van der Waals surface area contributed by atoms with Gasteiger partial charge in [0.2, 0.25) is 5.43 Å². The van der Waals surface area contributed by atoms with Gasteiger partial charge in [0.25, 0.3) is 0 Å². The molecule has 3 aliphatic rings. The highest BCUT2D eigenvalue weighted by atomic mass is 35.5. The van der Waals surface area contributed by atoms with Crippen LogP contribution in [0.15, 0.2) is 57.7 Å². The number of aromatic hydroxyl groups is 1. The molecule has 0 saturated carbocycles. The number of rotatable bonds is 11. The fourth-order valence-electron chi connectivity index (χ4n) is 7.52. The molecule has 0 bridgehead atoms. The summed E-state index contributed by atoms with van der Waals surface area (Å²) in [5.41, 5.74) is 4.08. The highest BCUT2D eigenvalue weighted by Gasteiger charge is 2.28. The molecule has 2 heterocycles. The van der Waals surface area contributed by atoms with Crippen molar-refractivity contribution >= 4 is 57.5 Å². The Labute approximate surface area is 374 Å². The average Bonchev–Trinajstić information content (AvgIpc) is 3.27. The molecule has 1 fully saturated rings. The van der Waals surface area contributed by atoms with Gasteiger partial charge in [-0.05, 0) is 72.9 Å². The van der Waals surface area contributed by atoms with Gasteiger partial charge in [-0.2, -0.15) is 0 Å². The highest BCUT2D eigenvalue weighted by molar-refractivity contribution is 6.37. The number of methoxy groups -OCH3 is 2. The lowest BCUT2D eigenvalue weighted by Gasteiger charge is -2.28. The van der Waals surface area contributed by atoms with Crippen LogP contribution in [-0.4, -0.2) is 121 Å². The SMILES string of the molecule is COc1cc(C)ccc1N1CCOCCOCCN(c2ccc(-c3c4cc(CCC(=O)O)c(=O)c(Cl)c-4oc4c(Cl)c(O)c(CCC(=O)O)cc34)cc2OC)CCOCCOCC1. The number of carboxylic acids is 2. The largest absolute Gasteiger partial charge is 0.506 e. The van der Waals surface area contributed by atoms with Crippen molar-refractivity contribution in [3.05, 3.63) is 85.5 Å². The third-order valence-corrected chi connectivity index (χ3v) is 11.4. The number of carboxylic acid groups (broad SMARTS) is 2. The second-order valence-electron chi connectivity index (χ2n) is 14.9. The molecular formula is C46H52Cl2N2O13. The number of fused-ring (bicyclic) bond motifs is 2. The van der Waals surface area contributed by atoms with Crippen LogP contribution >= 0.6 is 23.2 Å². The summed E-state index contributed by atoms with van der Waals surface area (Å²) in [7, 11) is 3.21. The molecule has 1 aliphatic carbocycles. The summed E-state index contributed by atoms with van der Waals surface area (Å²) in [6, 6.07) is 14.8. The number of anilines is 2. The lowest BCUT2D eigenvalue weighted by molar-refractivity contribution is -0.138. The van der Waals surface area contributed by atoms with Crippen LogP contribution in [-0.2, 0) is 41.4 Å². The number of nitrogens with zero attached hydrogens (tertiary/aromatic N) is 2. The lowest BCUT2D eigenvalue weighted by Crippen LogP contribution is -2.33. The number of carbonyl (C=O) groups is 2. The average molecular weight is 912 g/mol. The minimum atomic E-state index is -1.09. The zero-order chi connectivity index (χ0) is 45.0. The predicted octanol–water partition coefficient (Wildman–Crippen LogP) is 7.33. The molecule has 0 amide bonds. The van der Waals surface area contributed by atoms with Crippen LogP contribution < -0.4 is 24.7 Å². The first kappa shape index (κ1) is 47.2. The van der Waals surface area contributed by atoms with Crippen LogP contribution in [0.4, 0.5) is 11.4 Å². The molecule has 17 heteroatoms. The Morgan fingerprint density at radius 3 is 1.71 bits per heavy atom. The van der Waals surface area contributed by atoms with E-state index in [1.165, 1.54) is 0 Å². The van der Waals surface area contributed by atoms with E-state index in [0.29, 0.717) is 107 Å². The van der Waals surface area contributed by atoms with Gasteiger partial charge in [0.15, 0.2) is 11.3 Å². The van der Waals surface area contributed by atoms with Crippen molar-refractivity contribution in [1.29, 1.82) is 0 Å². The van der Waals surface area contributed by atoms with Crippen molar-refractivity contribution in [1.82, 2.24) is 0 Å². The summed E-state index contributed by atoms with van der Waals surface area (Å²) >= 11 is 13.4. The van der Waals surface area contributed by atoms with E-state index in [-0.39, 0.29) is 63.9 Å². The van der Waals surface area contributed by atoms with Crippen LogP contribution in [0.1, 0.15) is 29.5 Å². The Kier molecular flexibility index (Phi) is 16.8. The first-order valence-corrected chi connectivity index (χ1v) is 21.4. The molecule has 0 spiro atoms. The topological polar surface area (TPSA) is 187 Å². The predicted molar refractivity (Wildman–Crippen MR) is 240 cm³/mol. The Balaban J connectivity index is 1.30. The number of phenolic OH excluding ortho intramolecular Hbond substituents is 1. The van der Waals surface area contributed by atoms with Gasteiger partial charge in [-0.1, -0.05) is 35.3 Å². The van der Waals surface area contributed by atoms with E-state index >= 15 is 0 Å². The minimum Gasteiger partial charge on any atom is -0.506 e. The third kappa shape index (κ3) is 11.6. The van der Waals surface area contributed by atoms with Gasteiger partial charge in [0, 0.05) is 61.1 Å². The number of aryl methyl sites for hydroxylation is 3. The normalized spacial score (nSPS) is 15.3. The van der Waals surface area contributed by atoms with E-state index in [1.54, 1.807) is 26.4 Å². The van der Waals surface area contributed by atoms with Crippen molar-refractivity contribution in [3.63, 3.8) is 0 Å². The third-order valence-electron chi connectivity index (χ3n) is 10.7. The molecule has 338 valence electrons. The zero-order valence-electron chi connectivity index (χ0n) is 35.5. The van der Waals surface area contributed by atoms with Crippen LogP contribution in [0.2, 0.25) is 10.0 Å². The molecule has 0 unspecified atom stereocenters. The quantitative estimate of drug-likeness (QED) is 0.112. The van der Waals surface area contributed by atoms with Gasteiger partial charge in [-0.3, -0.25) is 14.4 Å². The second-order valence-corrected chi connectivity index (χ2v) is 15.6. The first-order chi connectivity index (χ1) is 30.4. The smallest absolute Gasteiger partial charge is 0.303 e. The molecule has 0 radical (unpaired) electrons. The molecule has 3 aromatic rings. The summed E-state index contributed by atoms with van der Waals surface area (Å²) in [4.78, 5) is 40.7. The Bertz CT molecular complexity index is 2400. The molecule has 3 aromatic carbocycles. The monoisotopic (exact) mass is 910 g/mol. The Morgan fingerprint density at radius 2 is 1.19 bits per heavy atom. The van der Waals surface area contributed by atoms with Crippen LogP contribution in [0, 0.1) is 6.92 Å². The number of phenols is 1. The van der Waals surface area contributed by atoms with Gasteiger partial charge in [-0.15, -0.1) is 0 Å². The van der Waals surface area contributed by atoms with Crippen molar-refractivity contribution < 1.29 is 57.7 Å². The first-order valence-electron chi connectivity index (χ1n) is 20.6. The van der Waals surface area contributed by atoms with Gasteiger partial charge in [0.1, 0.15) is 27.3 Å². The van der Waals surface area contributed by atoms with Crippen molar-refractivity contribution in [2.45, 2.75) is 32.6 Å². The number of aliphatic carboxylic acids is 2. The van der Waals surface area contributed by atoms with E-state index in [9.17, 15) is 29.7 Å². The van der Waals surface area contributed by atoms with E-state index in [2.05, 4.69) is 21.9 Å². The highest BCUT2D eigenvalue weighted by Crippen LogP contribution is 2.48. The summed E-state index contributed by atoms with van der Waals surface area (Å²) in [5.74, 6) is -1.28. The molecule has 3 N–H and O–H groups in total. The number of hydrogen-bond acceptors (Lipinski definition) is 13. The van der Waals surface area contributed by atoms with E-state index in [0.717, 1.165) is 22.7 Å². The molecule has 1 saturated heterocycles. The maximum absolute atomic E-state index is 13.4. The molecule has 0 aromatic heterocycles. The van der Waals surface area contributed by atoms with Gasteiger partial charge in [-0.25, -0.2) is 0 Å². The Morgan fingerprint density at radius 1 is 0.683 bits per heavy atom. The van der Waals surface area contributed by atoms with Crippen molar-refractivity contribution in [2.24, 2.45) is 0 Å². The fraction of sp³-hybridized carbons (Fsp3) is 0.413. The number of benzene rings is 4.